The molecule has 0 radical (unpaired) electrons. The molecule has 186 valence electrons. The van der Waals surface area contributed by atoms with Crippen LogP contribution in [-0.4, -0.2) is 62.6 Å². The van der Waals surface area contributed by atoms with E-state index in [1.165, 1.54) is 21.3 Å². The SMILES string of the molecule is COCOc1cc([N+](=O)[O-])c(OCOC)c(CCCOC(=O)c2cc(Cl)c(O)cc2O)c1OC. The van der Waals surface area contributed by atoms with E-state index in [1.807, 2.05) is 0 Å². The highest BCUT2D eigenvalue weighted by atomic mass is 35.5. The Morgan fingerprint density at radius 3 is 2.32 bits per heavy atom. The van der Waals surface area contributed by atoms with Gasteiger partial charge in [-0.15, -0.1) is 0 Å². The van der Waals surface area contributed by atoms with Gasteiger partial charge < -0.3 is 38.6 Å². The summed E-state index contributed by atoms with van der Waals surface area (Å²) in [7, 11) is 4.12. The van der Waals surface area contributed by atoms with E-state index in [1.54, 1.807) is 0 Å². The molecule has 0 atom stereocenters. The van der Waals surface area contributed by atoms with Crippen LogP contribution in [0.25, 0.3) is 0 Å². The molecule has 2 rings (SSSR count). The molecule has 34 heavy (non-hydrogen) atoms. The van der Waals surface area contributed by atoms with Gasteiger partial charge in [0.25, 0.3) is 0 Å². The van der Waals surface area contributed by atoms with Gasteiger partial charge in [0.1, 0.15) is 17.1 Å². The summed E-state index contributed by atoms with van der Waals surface area (Å²) < 4.78 is 31.2. The number of phenolic OH excluding ortho intramolecular Hbond substituents is 2. The molecule has 2 aromatic carbocycles. The summed E-state index contributed by atoms with van der Waals surface area (Å²) in [6.07, 6.45) is 0.325. The number of carbonyl (C=O) groups excluding carboxylic acids is 1. The summed E-state index contributed by atoms with van der Waals surface area (Å²) >= 11 is 5.77. The lowest BCUT2D eigenvalue weighted by Crippen LogP contribution is -2.11. The molecule has 0 bridgehead atoms. The van der Waals surface area contributed by atoms with E-state index in [2.05, 4.69) is 0 Å². The van der Waals surface area contributed by atoms with E-state index >= 15 is 0 Å². The van der Waals surface area contributed by atoms with Crippen LogP contribution in [0.15, 0.2) is 18.2 Å². The van der Waals surface area contributed by atoms with Crippen LogP contribution >= 0.6 is 11.6 Å². The number of methoxy groups -OCH3 is 3. The number of benzene rings is 2. The molecule has 2 N–H and O–H groups in total. The van der Waals surface area contributed by atoms with Crippen molar-refractivity contribution >= 4 is 23.3 Å². The van der Waals surface area contributed by atoms with E-state index in [4.69, 9.17) is 40.0 Å². The zero-order chi connectivity index (χ0) is 25.3. The number of nitrogens with zero attached hydrogens (tertiary/aromatic N) is 1. The van der Waals surface area contributed by atoms with Crippen LogP contribution in [0, 0.1) is 10.1 Å². The van der Waals surface area contributed by atoms with Crippen molar-refractivity contribution in [2.75, 3.05) is 41.5 Å². The van der Waals surface area contributed by atoms with Gasteiger partial charge >= 0.3 is 11.7 Å². The average molecular weight is 502 g/mol. The summed E-state index contributed by atoms with van der Waals surface area (Å²) in [5.74, 6) is -1.58. The first-order chi connectivity index (χ1) is 16.2. The van der Waals surface area contributed by atoms with Gasteiger partial charge in [-0.25, -0.2) is 4.79 Å². The number of phenols is 2. The molecule has 0 saturated carbocycles. The second kappa shape index (κ2) is 12.7. The lowest BCUT2D eigenvalue weighted by molar-refractivity contribution is -0.386. The van der Waals surface area contributed by atoms with Crippen molar-refractivity contribution in [2.24, 2.45) is 0 Å². The Labute approximate surface area is 199 Å². The first-order valence-electron chi connectivity index (χ1n) is 9.75. The van der Waals surface area contributed by atoms with Crippen LogP contribution in [0.1, 0.15) is 22.3 Å². The lowest BCUT2D eigenvalue weighted by atomic mass is 10.0. The van der Waals surface area contributed by atoms with Crippen LogP contribution in [0.2, 0.25) is 5.02 Å². The number of aromatic hydroxyl groups is 2. The maximum atomic E-state index is 12.3. The van der Waals surface area contributed by atoms with Crippen LogP contribution in [0.4, 0.5) is 5.69 Å². The smallest absolute Gasteiger partial charge is 0.341 e. The predicted molar refractivity (Wildman–Crippen MR) is 118 cm³/mol. The van der Waals surface area contributed by atoms with Crippen molar-refractivity contribution in [3.8, 4) is 28.7 Å². The molecule has 0 aliphatic rings. The molecule has 0 spiro atoms. The molecular formula is C21H24ClNO11. The normalized spacial score (nSPS) is 10.6. The standard InChI is InChI=1S/C21H24ClNO11/c1-29-10-33-18-8-15(23(27)28)19(34-11-30-2)12(20(18)31-3)5-4-6-32-21(26)13-7-14(22)17(25)9-16(13)24/h7-9,24-25H,4-6,10-11H2,1-3H3. The van der Waals surface area contributed by atoms with E-state index in [0.717, 1.165) is 18.2 Å². The molecule has 2 aromatic rings. The molecule has 13 heteroatoms. The fourth-order valence-corrected chi connectivity index (χ4v) is 3.13. The van der Waals surface area contributed by atoms with Crippen LogP contribution in [0.5, 0.6) is 28.7 Å². The molecule has 0 saturated heterocycles. The second-order valence-electron chi connectivity index (χ2n) is 6.65. The number of nitro benzene ring substituents is 1. The van der Waals surface area contributed by atoms with E-state index in [9.17, 15) is 25.1 Å². The number of ether oxygens (including phenoxy) is 6. The van der Waals surface area contributed by atoms with Crippen molar-refractivity contribution in [1.29, 1.82) is 0 Å². The minimum absolute atomic E-state index is 0.0662. The Balaban J connectivity index is 2.26. The maximum absolute atomic E-state index is 12.3. The number of carbonyl (C=O) groups is 1. The monoisotopic (exact) mass is 501 g/mol. The van der Waals surface area contributed by atoms with Gasteiger partial charge in [0.2, 0.25) is 5.75 Å². The first kappa shape index (κ1) is 26.8. The third-order valence-corrected chi connectivity index (χ3v) is 4.72. The number of nitro groups is 1. The predicted octanol–water partition coefficient (Wildman–Crippen LogP) is 3.42. The molecule has 0 aromatic heterocycles. The van der Waals surface area contributed by atoms with Gasteiger partial charge in [-0.1, -0.05) is 11.6 Å². The highest BCUT2D eigenvalue weighted by Gasteiger charge is 2.28. The molecule has 0 heterocycles. The maximum Gasteiger partial charge on any atom is 0.341 e. The van der Waals surface area contributed by atoms with E-state index in [-0.39, 0.29) is 72.3 Å². The van der Waals surface area contributed by atoms with Crippen LogP contribution in [0.3, 0.4) is 0 Å². The fraction of sp³-hybridized carbons (Fsp3) is 0.381. The number of hydrogen-bond donors (Lipinski definition) is 2. The average Bonchev–Trinajstić information content (AvgIpc) is 2.80. The van der Waals surface area contributed by atoms with Crippen molar-refractivity contribution in [3.63, 3.8) is 0 Å². The number of rotatable bonds is 13. The van der Waals surface area contributed by atoms with Crippen molar-refractivity contribution in [1.82, 2.24) is 0 Å². The van der Waals surface area contributed by atoms with Gasteiger partial charge in [-0.2, -0.15) is 0 Å². The van der Waals surface area contributed by atoms with Gasteiger partial charge in [-0.05, 0) is 18.9 Å². The fourth-order valence-electron chi connectivity index (χ4n) is 2.96. The lowest BCUT2D eigenvalue weighted by Gasteiger charge is -2.18. The quantitative estimate of drug-likeness (QED) is 0.136. The highest BCUT2D eigenvalue weighted by molar-refractivity contribution is 6.32. The van der Waals surface area contributed by atoms with Gasteiger partial charge in [-0.3, -0.25) is 10.1 Å². The molecule has 12 nitrogen and oxygen atoms in total. The Bertz CT molecular complexity index is 1030. The second-order valence-corrected chi connectivity index (χ2v) is 7.06. The molecular weight excluding hydrogens is 478 g/mol. The third-order valence-electron chi connectivity index (χ3n) is 4.42. The minimum Gasteiger partial charge on any atom is -0.507 e. The zero-order valence-electron chi connectivity index (χ0n) is 18.7. The number of halogens is 1. The van der Waals surface area contributed by atoms with E-state index in [0.29, 0.717) is 5.56 Å². The van der Waals surface area contributed by atoms with Crippen molar-refractivity contribution in [2.45, 2.75) is 12.8 Å². The summed E-state index contributed by atoms with van der Waals surface area (Å²) in [5, 5.41) is 30.8. The van der Waals surface area contributed by atoms with Crippen LogP contribution in [-0.2, 0) is 20.6 Å². The Morgan fingerprint density at radius 1 is 1.03 bits per heavy atom. The summed E-state index contributed by atoms with van der Waals surface area (Å²) in [5.41, 5.74) is -0.305. The first-order valence-corrected chi connectivity index (χ1v) is 10.1. The highest BCUT2D eigenvalue weighted by Crippen LogP contribution is 2.45. The van der Waals surface area contributed by atoms with E-state index < -0.39 is 16.6 Å². The molecule has 0 amide bonds. The zero-order valence-corrected chi connectivity index (χ0v) is 19.4. The van der Waals surface area contributed by atoms with Crippen molar-refractivity contribution in [3.05, 3.63) is 44.5 Å². The van der Waals surface area contributed by atoms with Gasteiger partial charge in [0, 0.05) is 25.8 Å². The molecule has 0 fully saturated rings. The van der Waals surface area contributed by atoms with Gasteiger partial charge in [0.15, 0.2) is 25.1 Å². The molecule has 0 aliphatic heterocycles. The van der Waals surface area contributed by atoms with Crippen molar-refractivity contribution < 1.29 is 48.4 Å². The molecule has 0 unspecified atom stereocenters. The third kappa shape index (κ3) is 6.53. The van der Waals surface area contributed by atoms with Gasteiger partial charge in [0.05, 0.1) is 29.7 Å². The Kier molecular flexibility index (Phi) is 9.98. The molecule has 0 aliphatic carbocycles. The topological polar surface area (TPSA) is 156 Å². The summed E-state index contributed by atoms with van der Waals surface area (Å²) in [6, 6.07) is 3.16. The summed E-state index contributed by atoms with van der Waals surface area (Å²) in [4.78, 5) is 23.3. The largest absolute Gasteiger partial charge is 0.507 e. The number of esters is 1. The summed E-state index contributed by atoms with van der Waals surface area (Å²) in [6.45, 7) is -0.562. The number of hydrogen-bond acceptors (Lipinski definition) is 11. The Morgan fingerprint density at radius 2 is 1.71 bits per heavy atom. The minimum atomic E-state index is -0.870. The Hall–Kier alpha value is -3.48. The van der Waals surface area contributed by atoms with Crippen LogP contribution < -0.4 is 14.2 Å².